The second-order valence-electron chi connectivity index (χ2n) is 2.29. The zero-order valence-corrected chi connectivity index (χ0v) is 8.45. The van der Waals surface area contributed by atoms with E-state index in [2.05, 4.69) is 21.1 Å². The van der Waals surface area contributed by atoms with Crippen LogP contribution < -0.4 is 4.74 Å². The van der Waals surface area contributed by atoms with Crippen molar-refractivity contribution < 1.29 is 15.1 Å². The van der Waals surface area contributed by atoms with E-state index in [9.17, 15) is 5.11 Å². The highest BCUT2D eigenvalue weighted by molar-refractivity contribution is 9.10. The van der Waals surface area contributed by atoms with E-state index >= 15 is 0 Å². The first kappa shape index (κ1) is 9.85. The van der Waals surface area contributed by atoms with Crippen LogP contribution in [0.4, 0.5) is 0 Å². The number of hydrogen-bond donors (Lipinski definition) is 2. The van der Waals surface area contributed by atoms with Crippen molar-refractivity contribution in [3.05, 3.63) is 22.2 Å². The Morgan fingerprint density at radius 3 is 2.77 bits per heavy atom. The number of hydrogen-bond acceptors (Lipinski definition) is 4. The quantitative estimate of drug-likeness (QED) is 0.476. The molecule has 0 fully saturated rings. The zero-order valence-electron chi connectivity index (χ0n) is 6.86. The van der Waals surface area contributed by atoms with Gasteiger partial charge in [0.1, 0.15) is 0 Å². The van der Waals surface area contributed by atoms with E-state index in [0.29, 0.717) is 11.3 Å². The number of halogens is 1. The van der Waals surface area contributed by atoms with Crippen molar-refractivity contribution in [3.8, 4) is 11.5 Å². The summed E-state index contributed by atoms with van der Waals surface area (Å²) in [5.41, 5.74) is 0.383. The molecule has 2 N–H and O–H groups in total. The maximum atomic E-state index is 9.50. The third-order valence-electron chi connectivity index (χ3n) is 1.49. The molecule has 0 bridgehead atoms. The lowest BCUT2D eigenvalue weighted by molar-refractivity contribution is 0.321. The Kier molecular flexibility index (Phi) is 3.13. The molecule has 0 aromatic heterocycles. The summed E-state index contributed by atoms with van der Waals surface area (Å²) in [5, 5.41) is 20.6. The Morgan fingerprint density at radius 1 is 1.54 bits per heavy atom. The van der Waals surface area contributed by atoms with E-state index in [0.717, 1.165) is 10.7 Å². The van der Waals surface area contributed by atoms with Gasteiger partial charge < -0.3 is 15.1 Å². The third-order valence-corrected chi connectivity index (χ3v) is 1.94. The van der Waals surface area contributed by atoms with Gasteiger partial charge in [-0.3, -0.25) is 0 Å². The number of phenolic OH excluding ortho intramolecular Hbond substituents is 1. The lowest BCUT2D eigenvalue weighted by Gasteiger charge is -2.05. The lowest BCUT2D eigenvalue weighted by atomic mass is 10.2. The van der Waals surface area contributed by atoms with Crippen LogP contribution in [0.1, 0.15) is 5.56 Å². The van der Waals surface area contributed by atoms with Gasteiger partial charge in [0.25, 0.3) is 0 Å². The largest absolute Gasteiger partial charge is 0.504 e. The highest BCUT2D eigenvalue weighted by atomic mass is 79.9. The number of aromatic hydroxyl groups is 1. The fourth-order valence-corrected chi connectivity index (χ4v) is 1.37. The predicted molar refractivity (Wildman–Crippen MR) is 51.7 cm³/mol. The Morgan fingerprint density at radius 2 is 2.23 bits per heavy atom. The molecule has 0 atom stereocenters. The first-order chi connectivity index (χ1) is 6.19. The molecule has 0 aliphatic carbocycles. The molecule has 70 valence electrons. The van der Waals surface area contributed by atoms with Crippen LogP contribution in [-0.4, -0.2) is 23.6 Å². The molecular formula is C8H8BrNO3. The van der Waals surface area contributed by atoms with Crippen LogP contribution in [-0.2, 0) is 0 Å². The molecule has 0 aliphatic heterocycles. The summed E-state index contributed by atoms with van der Waals surface area (Å²) in [7, 11) is 1.45. The van der Waals surface area contributed by atoms with Crippen LogP contribution in [0.3, 0.4) is 0 Å². The molecule has 0 radical (unpaired) electrons. The molecule has 0 amide bonds. The van der Waals surface area contributed by atoms with Crippen molar-refractivity contribution in [2.75, 3.05) is 7.11 Å². The topological polar surface area (TPSA) is 62.0 Å². The minimum Gasteiger partial charge on any atom is -0.504 e. The van der Waals surface area contributed by atoms with Gasteiger partial charge >= 0.3 is 0 Å². The molecular weight excluding hydrogens is 238 g/mol. The first-order valence-electron chi connectivity index (χ1n) is 3.43. The number of nitrogens with zero attached hydrogens (tertiary/aromatic N) is 1. The van der Waals surface area contributed by atoms with Crippen molar-refractivity contribution in [2.24, 2.45) is 5.16 Å². The van der Waals surface area contributed by atoms with Crippen LogP contribution in [0.2, 0.25) is 0 Å². The second-order valence-corrected chi connectivity index (χ2v) is 3.21. The molecule has 0 spiro atoms. The maximum absolute atomic E-state index is 9.50. The van der Waals surface area contributed by atoms with Crippen molar-refractivity contribution in [1.29, 1.82) is 0 Å². The summed E-state index contributed by atoms with van der Waals surface area (Å²) in [5.74, 6) is 0.271. The molecule has 1 aromatic carbocycles. The van der Waals surface area contributed by atoms with Crippen LogP contribution in [0.15, 0.2) is 21.8 Å². The summed E-state index contributed by atoms with van der Waals surface area (Å²) in [6, 6.07) is 3.22. The Balaban J connectivity index is 3.26. The highest BCUT2D eigenvalue weighted by Gasteiger charge is 2.07. The fraction of sp³-hybridized carbons (Fsp3) is 0.125. The van der Waals surface area contributed by atoms with Crippen LogP contribution in [0, 0.1) is 0 Å². The van der Waals surface area contributed by atoms with E-state index in [-0.39, 0.29) is 5.75 Å². The predicted octanol–water partition coefficient (Wildman–Crippen LogP) is 1.97. The number of methoxy groups -OCH3 is 1. The number of phenols is 1. The monoisotopic (exact) mass is 245 g/mol. The molecule has 13 heavy (non-hydrogen) atoms. The van der Waals surface area contributed by atoms with Gasteiger partial charge in [-0.1, -0.05) is 21.1 Å². The molecule has 0 saturated carbocycles. The van der Waals surface area contributed by atoms with Gasteiger partial charge in [0.2, 0.25) is 0 Å². The average Bonchev–Trinajstić information content (AvgIpc) is 2.11. The number of oxime groups is 1. The fourth-order valence-electron chi connectivity index (χ4n) is 0.911. The minimum atomic E-state index is -0.0523. The van der Waals surface area contributed by atoms with Gasteiger partial charge in [0.05, 0.1) is 13.3 Å². The summed E-state index contributed by atoms with van der Waals surface area (Å²) in [6.45, 7) is 0. The second kappa shape index (κ2) is 4.13. The van der Waals surface area contributed by atoms with E-state index < -0.39 is 0 Å². The molecule has 0 saturated heterocycles. The standard InChI is InChI=1S/C8H8BrNO3/c1-13-7-3-6(9)2-5(4-10-12)8(7)11/h2-4,11-12H,1H3/b10-4+. The smallest absolute Gasteiger partial charge is 0.166 e. The summed E-state index contributed by atoms with van der Waals surface area (Å²) < 4.78 is 5.62. The normalized spacial score (nSPS) is 10.6. The first-order valence-corrected chi connectivity index (χ1v) is 4.22. The Hall–Kier alpha value is -1.23. The van der Waals surface area contributed by atoms with Gasteiger partial charge in [0.15, 0.2) is 11.5 Å². The number of rotatable bonds is 2. The minimum absolute atomic E-state index is 0.0523. The van der Waals surface area contributed by atoms with Crippen molar-refractivity contribution >= 4 is 22.1 Å². The molecule has 0 unspecified atom stereocenters. The van der Waals surface area contributed by atoms with Gasteiger partial charge in [-0.25, -0.2) is 0 Å². The summed E-state index contributed by atoms with van der Waals surface area (Å²) in [6.07, 6.45) is 1.13. The maximum Gasteiger partial charge on any atom is 0.166 e. The van der Waals surface area contributed by atoms with Gasteiger partial charge in [-0.15, -0.1) is 0 Å². The molecule has 0 heterocycles. The third kappa shape index (κ3) is 2.12. The summed E-state index contributed by atoms with van der Waals surface area (Å²) >= 11 is 3.22. The Labute approximate surface area is 83.6 Å². The van der Waals surface area contributed by atoms with Gasteiger partial charge in [-0.05, 0) is 12.1 Å². The molecule has 4 nitrogen and oxygen atoms in total. The van der Waals surface area contributed by atoms with Crippen LogP contribution >= 0.6 is 15.9 Å². The van der Waals surface area contributed by atoms with Gasteiger partial charge in [-0.2, -0.15) is 0 Å². The van der Waals surface area contributed by atoms with Crippen molar-refractivity contribution in [1.82, 2.24) is 0 Å². The van der Waals surface area contributed by atoms with Gasteiger partial charge in [0, 0.05) is 10.0 Å². The highest BCUT2D eigenvalue weighted by Crippen LogP contribution is 2.32. The Bertz CT molecular complexity index is 338. The number of ether oxygens (including phenoxy) is 1. The average molecular weight is 246 g/mol. The van der Waals surface area contributed by atoms with Crippen LogP contribution in [0.5, 0.6) is 11.5 Å². The zero-order chi connectivity index (χ0) is 9.84. The number of benzene rings is 1. The van der Waals surface area contributed by atoms with Crippen LogP contribution in [0.25, 0.3) is 0 Å². The summed E-state index contributed by atoms with van der Waals surface area (Å²) in [4.78, 5) is 0. The lowest BCUT2D eigenvalue weighted by Crippen LogP contribution is -1.89. The van der Waals surface area contributed by atoms with E-state index in [1.807, 2.05) is 0 Å². The molecule has 1 aromatic rings. The molecule has 0 aliphatic rings. The van der Waals surface area contributed by atoms with Crippen molar-refractivity contribution in [3.63, 3.8) is 0 Å². The SMILES string of the molecule is COc1cc(Br)cc(/C=N/O)c1O. The van der Waals surface area contributed by atoms with Crippen molar-refractivity contribution in [2.45, 2.75) is 0 Å². The van der Waals surface area contributed by atoms with E-state index in [1.165, 1.54) is 7.11 Å². The van der Waals surface area contributed by atoms with E-state index in [4.69, 9.17) is 9.94 Å². The van der Waals surface area contributed by atoms with E-state index in [1.54, 1.807) is 12.1 Å². The molecule has 5 heteroatoms. The molecule has 1 rings (SSSR count).